The zero-order valence-electron chi connectivity index (χ0n) is 37.4. The van der Waals surface area contributed by atoms with Gasteiger partial charge in [-0.3, -0.25) is 0 Å². The molecule has 0 fully saturated rings. The van der Waals surface area contributed by atoms with E-state index in [1.807, 2.05) is 11.3 Å². The molecule has 0 aliphatic carbocycles. The van der Waals surface area contributed by atoms with Crippen molar-refractivity contribution in [2.45, 2.75) is 6.92 Å². The third kappa shape index (κ3) is 5.53. The first-order valence-electron chi connectivity index (χ1n) is 22.4. The van der Waals surface area contributed by atoms with Gasteiger partial charge in [-0.1, -0.05) is 154 Å². The fourth-order valence-electron chi connectivity index (χ4n) is 11.1. The van der Waals surface area contributed by atoms with E-state index in [-0.39, 0.29) is 0 Å². The molecule has 3 aromatic heterocycles. The maximum atomic E-state index is 2.64. The molecular formula is C55H42B6N2S. The van der Waals surface area contributed by atoms with E-state index in [4.69, 9.17) is 0 Å². The van der Waals surface area contributed by atoms with E-state index in [1.165, 1.54) is 141 Å². The van der Waals surface area contributed by atoms with E-state index in [0.29, 0.717) is 0 Å². The molecule has 0 spiro atoms. The molecule has 0 N–H and O–H groups in total. The van der Waals surface area contributed by atoms with Crippen molar-refractivity contribution in [2.75, 3.05) is 0 Å². The standard InChI is InChI=1S/C55H42B6N2S/c1-29-48(56)52(60)47-46-50(58)43(51(59)53(61)55(46)63(54(47)49(29)57)40-19-11-21-42-45(40)36-16-8-9-20-41(36)64-42)33-24-27-38-37(28-33)44-35(32-14-6-3-7-15-32)17-10-18-39(44)62(38)34-25-22-31(23-26-34)30-12-4-2-5-13-30/h2-28H,56-61H2,1H3. The molecule has 2 nitrogen and oxygen atoms in total. The van der Waals surface area contributed by atoms with Crippen LogP contribution in [0.25, 0.3) is 109 Å². The molecule has 0 saturated carbocycles. The molecule has 0 aliphatic heterocycles. The number of fused-ring (bicyclic) bond motifs is 9. The van der Waals surface area contributed by atoms with Crippen LogP contribution in [0.1, 0.15) is 5.56 Å². The first-order chi connectivity index (χ1) is 31.2. The van der Waals surface area contributed by atoms with E-state index in [2.05, 4.69) is 227 Å². The first-order valence-corrected chi connectivity index (χ1v) is 23.3. The smallest absolute Gasteiger partial charge is 0.142 e. The Balaban J connectivity index is 1.16. The summed E-state index contributed by atoms with van der Waals surface area (Å²) in [5, 5.41) is 7.92. The van der Waals surface area contributed by atoms with Crippen LogP contribution in [0.4, 0.5) is 0 Å². The highest BCUT2D eigenvalue weighted by atomic mass is 32.1. The molecule has 64 heavy (non-hydrogen) atoms. The van der Waals surface area contributed by atoms with Crippen LogP contribution in [0.5, 0.6) is 0 Å². The van der Waals surface area contributed by atoms with E-state index >= 15 is 0 Å². The Bertz CT molecular complexity index is 3910. The van der Waals surface area contributed by atoms with Crippen LogP contribution in [-0.2, 0) is 0 Å². The van der Waals surface area contributed by atoms with Crippen molar-refractivity contribution >= 4 is 155 Å². The third-order valence-electron chi connectivity index (χ3n) is 14.6. The average Bonchev–Trinajstić information content (AvgIpc) is 4.01. The zero-order chi connectivity index (χ0) is 43.5. The lowest BCUT2D eigenvalue weighted by atomic mass is 9.67. The van der Waals surface area contributed by atoms with E-state index in [0.717, 1.165) is 5.69 Å². The molecule has 296 valence electrons. The van der Waals surface area contributed by atoms with Gasteiger partial charge < -0.3 is 9.13 Å². The molecule has 9 heteroatoms. The lowest BCUT2D eigenvalue weighted by molar-refractivity contribution is 1.18. The van der Waals surface area contributed by atoms with Gasteiger partial charge >= 0.3 is 0 Å². The van der Waals surface area contributed by atoms with Gasteiger partial charge in [-0.25, -0.2) is 0 Å². The monoisotopic (exact) mass is 828 g/mol. The van der Waals surface area contributed by atoms with Crippen LogP contribution in [0, 0.1) is 6.92 Å². The number of hydrogen-bond acceptors (Lipinski definition) is 1. The zero-order valence-corrected chi connectivity index (χ0v) is 38.2. The highest BCUT2D eigenvalue weighted by Gasteiger charge is 2.27. The minimum atomic E-state index is 1.15. The summed E-state index contributed by atoms with van der Waals surface area (Å²) in [6, 6.07) is 60.5. The Kier molecular flexibility index (Phi) is 8.87. The van der Waals surface area contributed by atoms with E-state index in [9.17, 15) is 0 Å². The molecule has 3 heterocycles. The van der Waals surface area contributed by atoms with Gasteiger partial charge in [-0.2, -0.15) is 0 Å². The topological polar surface area (TPSA) is 9.86 Å². The van der Waals surface area contributed by atoms with Gasteiger partial charge in [0.15, 0.2) is 0 Å². The third-order valence-corrected chi connectivity index (χ3v) is 15.8. The quantitative estimate of drug-likeness (QED) is 0.214. The van der Waals surface area contributed by atoms with Crippen LogP contribution >= 0.6 is 11.3 Å². The molecule has 12 rings (SSSR count). The maximum Gasteiger partial charge on any atom is 0.142 e. The van der Waals surface area contributed by atoms with Crippen molar-refractivity contribution in [1.82, 2.24) is 9.13 Å². The highest BCUT2D eigenvalue weighted by molar-refractivity contribution is 7.25. The van der Waals surface area contributed by atoms with Crippen molar-refractivity contribution in [3.8, 4) is 44.8 Å². The minimum absolute atomic E-state index is 1.15. The lowest BCUT2D eigenvalue weighted by Crippen LogP contribution is -2.36. The van der Waals surface area contributed by atoms with Gasteiger partial charge in [-0.15, -0.1) is 11.3 Å². The Labute approximate surface area is 383 Å². The van der Waals surface area contributed by atoms with Crippen molar-refractivity contribution in [3.05, 3.63) is 169 Å². The number of rotatable bonds is 5. The van der Waals surface area contributed by atoms with Gasteiger partial charge in [0.1, 0.15) is 47.1 Å². The van der Waals surface area contributed by atoms with E-state index in [1.54, 1.807) is 0 Å². The number of hydrogen-bond donors (Lipinski definition) is 0. The van der Waals surface area contributed by atoms with Gasteiger partial charge in [-0.05, 0) is 94.2 Å². The second kappa shape index (κ2) is 14.6. The molecule has 0 aliphatic rings. The number of benzene rings is 9. The summed E-state index contributed by atoms with van der Waals surface area (Å²) in [6.07, 6.45) is 0. The lowest BCUT2D eigenvalue weighted by Gasteiger charge is -2.19. The molecule has 12 aromatic rings. The fourth-order valence-corrected chi connectivity index (χ4v) is 12.3. The largest absolute Gasteiger partial charge is 0.310 e. The van der Waals surface area contributed by atoms with Crippen molar-refractivity contribution in [2.24, 2.45) is 0 Å². The number of thiophene rings is 1. The summed E-state index contributed by atoms with van der Waals surface area (Å²) in [5.74, 6) is 0. The van der Waals surface area contributed by atoms with Gasteiger partial charge in [0.25, 0.3) is 0 Å². The second-order valence-corrected chi connectivity index (χ2v) is 18.9. The molecule has 0 bridgehead atoms. The maximum absolute atomic E-state index is 2.64. The van der Waals surface area contributed by atoms with Crippen LogP contribution < -0.4 is 32.8 Å². The Morgan fingerprint density at radius 1 is 0.391 bits per heavy atom. The van der Waals surface area contributed by atoms with Crippen molar-refractivity contribution in [3.63, 3.8) is 0 Å². The van der Waals surface area contributed by atoms with Gasteiger partial charge in [0, 0.05) is 53.1 Å². The van der Waals surface area contributed by atoms with Crippen LogP contribution in [0.2, 0.25) is 0 Å². The normalized spacial score (nSPS) is 11.9. The van der Waals surface area contributed by atoms with Crippen LogP contribution in [0.3, 0.4) is 0 Å². The Morgan fingerprint density at radius 2 is 1.02 bits per heavy atom. The summed E-state index contributed by atoms with van der Waals surface area (Å²) in [5.41, 5.74) is 24.4. The molecule has 0 amide bonds. The van der Waals surface area contributed by atoms with E-state index < -0.39 is 0 Å². The first kappa shape index (κ1) is 38.8. The molecular weight excluding hydrogens is 786 g/mol. The summed E-state index contributed by atoms with van der Waals surface area (Å²) in [7, 11) is 14.1. The van der Waals surface area contributed by atoms with Crippen LogP contribution in [0.15, 0.2) is 164 Å². The summed E-state index contributed by atoms with van der Waals surface area (Å²) >= 11 is 1.89. The molecule has 0 saturated heterocycles. The van der Waals surface area contributed by atoms with Gasteiger partial charge in [0.2, 0.25) is 0 Å². The molecule has 9 aromatic carbocycles. The molecule has 0 unspecified atom stereocenters. The highest BCUT2D eigenvalue weighted by Crippen LogP contribution is 2.42. The average molecular weight is 828 g/mol. The Morgan fingerprint density at radius 3 is 1.78 bits per heavy atom. The van der Waals surface area contributed by atoms with Crippen molar-refractivity contribution in [1.29, 1.82) is 0 Å². The van der Waals surface area contributed by atoms with Crippen LogP contribution in [-0.4, -0.2) is 56.2 Å². The predicted octanol–water partition coefficient (Wildman–Crippen LogP) is 5.11. The summed E-state index contributed by atoms with van der Waals surface area (Å²) in [4.78, 5) is 0. The number of nitrogens with zero attached hydrogens (tertiary/aromatic N) is 2. The predicted molar refractivity (Wildman–Crippen MR) is 298 cm³/mol. The molecule has 0 radical (unpaired) electrons. The minimum Gasteiger partial charge on any atom is -0.310 e. The van der Waals surface area contributed by atoms with Gasteiger partial charge in [0.05, 0.1) is 16.7 Å². The Hall–Kier alpha value is -6.81. The summed E-state index contributed by atoms with van der Waals surface area (Å²) in [6.45, 7) is 2.31. The molecule has 0 atom stereocenters. The van der Waals surface area contributed by atoms with Crippen molar-refractivity contribution < 1.29 is 0 Å². The summed E-state index contributed by atoms with van der Waals surface area (Å²) < 4.78 is 7.76. The second-order valence-electron chi connectivity index (χ2n) is 17.8. The number of aromatic nitrogens is 2. The fraction of sp³-hybridized carbons (Fsp3) is 0.0182. The SMILES string of the molecule is Bc1c(C)c(B)c2c(c1B)c1c(B)c(-c3ccc4c(c3)c3c(-c5ccccc5)cccc3n4-c3ccc(-c4ccccc4)cc3)c(B)c(B)c1n2-c1cccc2sc3ccccc3c12.